The van der Waals surface area contributed by atoms with Crippen LogP contribution < -0.4 is 15.5 Å². The van der Waals surface area contributed by atoms with Crippen LogP contribution in [0.2, 0.25) is 0 Å². The van der Waals surface area contributed by atoms with E-state index in [1.165, 1.54) is 23.0 Å². The van der Waals surface area contributed by atoms with E-state index in [0.29, 0.717) is 0 Å². The van der Waals surface area contributed by atoms with Gasteiger partial charge in [-0.2, -0.15) is 8.42 Å². The number of aromatic nitrogens is 2. The maximum Gasteiger partial charge on any atom is 0.285 e. The number of hydrogen-bond donors (Lipinski definition) is 0. The molecule has 0 bridgehead atoms. The summed E-state index contributed by atoms with van der Waals surface area (Å²) in [5.74, 6) is 0. The molecule has 0 spiro atoms. The first-order valence-electron chi connectivity index (χ1n) is 5.81. The summed E-state index contributed by atoms with van der Waals surface area (Å²) in [6.07, 6.45) is 1.45. The molecule has 6 nitrogen and oxygen atoms in total. The van der Waals surface area contributed by atoms with Crippen molar-refractivity contribution >= 4 is 10.0 Å². The quantitative estimate of drug-likeness (QED) is 0.776. The smallest absolute Gasteiger partial charge is 0.285 e. The third kappa shape index (κ3) is 3.11. The van der Waals surface area contributed by atoms with Crippen LogP contribution in [0.3, 0.4) is 0 Å². The monoisotopic (exact) mass is 281 g/mol. The van der Waals surface area contributed by atoms with Gasteiger partial charge in [-0.05, 0) is 32.9 Å². The molecule has 0 atom stereocenters. The maximum absolute atomic E-state index is 12.0. The average molecular weight is 281 g/mol. The van der Waals surface area contributed by atoms with Gasteiger partial charge < -0.3 is 4.52 Å². The molecule has 0 radical (unpaired) electrons. The second-order valence-electron chi connectivity index (χ2n) is 4.49. The highest BCUT2D eigenvalue weighted by molar-refractivity contribution is 7.90. The van der Waals surface area contributed by atoms with Crippen LogP contribution in [0.1, 0.15) is 25.5 Å². The van der Waals surface area contributed by atoms with Crippen molar-refractivity contribution in [1.29, 1.82) is 0 Å². The van der Waals surface area contributed by atoms with E-state index in [1.54, 1.807) is 12.1 Å². The molecule has 0 aliphatic carbocycles. The van der Waals surface area contributed by atoms with Crippen molar-refractivity contribution < 1.29 is 17.6 Å². The number of aryl methyl sites for hydroxylation is 1. The van der Waals surface area contributed by atoms with Gasteiger partial charge in [-0.15, -0.1) is 4.40 Å². The van der Waals surface area contributed by atoms with Crippen LogP contribution in [0.15, 0.2) is 44.3 Å². The fourth-order valence-electron chi connectivity index (χ4n) is 1.41. The topological polar surface area (TPSA) is 77.6 Å². The highest BCUT2D eigenvalue weighted by Crippen LogP contribution is 2.12. The first-order chi connectivity index (χ1) is 8.88. The molecule has 2 aromatic rings. The molecule has 0 aliphatic heterocycles. The van der Waals surface area contributed by atoms with Gasteiger partial charge in [0.2, 0.25) is 6.20 Å². The van der Waals surface area contributed by atoms with Crippen LogP contribution >= 0.6 is 0 Å². The summed E-state index contributed by atoms with van der Waals surface area (Å²) in [7, 11) is -3.76. The molecule has 0 N–H and O–H groups in total. The third-order valence-corrected chi connectivity index (χ3v) is 3.82. The minimum atomic E-state index is -3.76. The van der Waals surface area contributed by atoms with Gasteiger partial charge in [0, 0.05) is 0 Å². The largest absolute Gasteiger partial charge is 0.486 e. The van der Waals surface area contributed by atoms with Gasteiger partial charge in [-0.3, -0.25) is 5.27 Å². The van der Waals surface area contributed by atoms with Crippen molar-refractivity contribution in [2.45, 2.75) is 31.7 Å². The third-order valence-electron chi connectivity index (χ3n) is 2.53. The van der Waals surface area contributed by atoms with Crippen LogP contribution in [0, 0.1) is 6.92 Å². The van der Waals surface area contributed by atoms with Crippen molar-refractivity contribution in [3.63, 3.8) is 0 Å². The standard InChI is InChI=1S/C12H15N3O3S/c1-9(2)15-8-12(18-14-15)13-19(16,17)11-6-4-10(3)5-7-11/h4-9H,1-3H3/b13-12-. The van der Waals surface area contributed by atoms with Gasteiger partial charge in [-0.25, -0.2) is 4.68 Å². The van der Waals surface area contributed by atoms with Crippen molar-refractivity contribution in [1.82, 2.24) is 5.27 Å². The SMILES string of the molecule is Cc1ccc(S(=O)(=O)/N=c2/c[n+](C(C)C)[n-]o2)cc1. The lowest BCUT2D eigenvalue weighted by Crippen LogP contribution is -2.39. The zero-order chi connectivity index (χ0) is 14.0. The Hall–Kier alpha value is -1.89. The van der Waals surface area contributed by atoms with Crippen molar-refractivity contribution in [3.8, 4) is 0 Å². The zero-order valence-corrected chi connectivity index (χ0v) is 11.8. The predicted molar refractivity (Wildman–Crippen MR) is 66.5 cm³/mol. The van der Waals surface area contributed by atoms with Gasteiger partial charge in [0.15, 0.2) is 0 Å². The summed E-state index contributed by atoms with van der Waals surface area (Å²) in [4.78, 5) is 0.130. The second-order valence-corrected chi connectivity index (χ2v) is 6.10. The van der Waals surface area contributed by atoms with E-state index in [1.807, 2.05) is 20.8 Å². The predicted octanol–water partition coefficient (Wildman–Crippen LogP) is 0.703. The maximum atomic E-state index is 12.0. The van der Waals surface area contributed by atoms with Gasteiger partial charge in [0.05, 0.1) is 4.90 Å². The lowest BCUT2D eigenvalue weighted by atomic mass is 10.2. The first-order valence-corrected chi connectivity index (χ1v) is 7.25. The summed E-state index contributed by atoms with van der Waals surface area (Å²) >= 11 is 0. The molecule has 0 aliphatic rings. The lowest BCUT2D eigenvalue weighted by Gasteiger charge is -1.97. The van der Waals surface area contributed by atoms with Gasteiger partial charge >= 0.3 is 0 Å². The molecule has 19 heavy (non-hydrogen) atoms. The Labute approximate surface area is 111 Å². The molecule has 102 valence electrons. The van der Waals surface area contributed by atoms with E-state index in [9.17, 15) is 8.42 Å². The minimum Gasteiger partial charge on any atom is -0.486 e. The van der Waals surface area contributed by atoms with Crippen LogP contribution in [-0.2, 0) is 10.0 Å². The number of rotatable bonds is 3. The van der Waals surface area contributed by atoms with E-state index in [-0.39, 0.29) is 16.5 Å². The van der Waals surface area contributed by atoms with Crippen molar-refractivity contribution in [3.05, 3.63) is 41.6 Å². The Morgan fingerprint density at radius 1 is 1.26 bits per heavy atom. The highest BCUT2D eigenvalue weighted by atomic mass is 32.2. The molecule has 0 saturated carbocycles. The Morgan fingerprint density at radius 3 is 2.42 bits per heavy atom. The molecule has 0 fully saturated rings. The van der Waals surface area contributed by atoms with Gasteiger partial charge in [-0.1, -0.05) is 17.7 Å². The van der Waals surface area contributed by atoms with E-state index in [0.717, 1.165) is 5.56 Å². The fraction of sp³-hybridized carbons (Fsp3) is 0.333. The summed E-state index contributed by atoms with van der Waals surface area (Å²) in [6.45, 7) is 5.69. The van der Waals surface area contributed by atoms with Gasteiger partial charge in [0.1, 0.15) is 6.04 Å². The minimum absolute atomic E-state index is 0.0331. The van der Waals surface area contributed by atoms with Crippen LogP contribution in [0.5, 0.6) is 0 Å². The molecule has 1 heterocycles. The zero-order valence-electron chi connectivity index (χ0n) is 10.9. The number of sulfonamides is 1. The van der Waals surface area contributed by atoms with Gasteiger partial charge in [0.25, 0.3) is 15.6 Å². The normalized spacial score (nSPS) is 13.2. The molecular formula is C12H15N3O3S. The molecule has 7 heteroatoms. The van der Waals surface area contributed by atoms with Crippen LogP contribution in [0.4, 0.5) is 0 Å². The Kier molecular flexibility index (Phi) is 3.57. The van der Waals surface area contributed by atoms with Crippen molar-refractivity contribution in [2.24, 2.45) is 4.40 Å². The Balaban J connectivity index is 2.42. The fourth-order valence-corrected chi connectivity index (χ4v) is 2.32. The first kappa shape index (κ1) is 13.5. The Bertz CT molecular complexity index is 724. The molecule has 0 saturated heterocycles. The molecule has 2 rings (SSSR count). The van der Waals surface area contributed by atoms with E-state index >= 15 is 0 Å². The molecule has 0 unspecified atom stereocenters. The average Bonchev–Trinajstić information content (AvgIpc) is 2.77. The number of hydrogen-bond acceptors (Lipinski definition) is 3. The second kappa shape index (κ2) is 5.00. The van der Waals surface area contributed by atoms with E-state index < -0.39 is 10.0 Å². The summed E-state index contributed by atoms with van der Waals surface area (Å²) in [5.41, 5.74) is 0.950. The Morgan fingerprint density at radius 2 is 1.89 bits per heavy atom. The number of benzene rings is 1. The van der Waals surface area contributed by atoms with E-state index in [4.69, 9.17) is 4.52 Å². The van der Waals surface area contributed by atoms with Crippen LogP contribution in [0.25, 0.3) is 0 Å². The number of nitrogens with zero attached hydrogens (tertiary/aromatic N) is 3. The van der Waals surface area contributed by atoms with Crippen LogP contribution in [-0.4, -0.2) is 8.42 Å². The lowest BCUT2D eigenvalue weighted by molar-refractivity contribution is -0.784. The summed E-state index contributed by atoms with van der Waals surface area (Å²) in [6, 6.07) is 6.55. The molecular weight excluding hydrogens is 266 g/mol. The van der Waals surface area contributed by atoms with E-state index in [2.05, 4.69) is 9.67 Å². The summed E-state index contributed by atoms with van der Waals surface area (Å²) in [5, 5.41) is 3.69. The highest BCUT2D eigenvalue weighted by Gasteiger charge is 2.13. The summed E-state index contributed by atoms with van der Waals surface area (Å²) < 4.78 is 34.1. The molecule has 0 amide bonds. The van der Waals surface area contributed by atoms with Crippen molar-refractivity contribution in [2.75, 3.05) is 0 Å². The molecule has 1 aromatic carbocycles. The molecule has 1 aromatic heterocycles.